The molecular weight excluding hydrogens is 300 g/mol. The Labute approximate surface area is 93.7 Å². The lowest BCUT2D eigenvalue weighted by Crippen LogP contribution is -1.93. The molecule has 2 aromatic heterocycles. The summed E-state index contributed by atoms with van der Waals surface area (Å²) < 4.78 is 0.988. The number of hydrogen-bond donors (Lipinski definition) is 0. The molecule has 0 spiro atoms. The van der Waals surface area contributed by atoms with E-state index in [9.17, 15) is 0 Å². The number of aryl methyl sites for hydroxylation is 1. The Balaban J connectivity index is 2.94. The summed E-state index contributed by atoms with van der Waals surface area (Å²) in [5.41, 5.74) is 0.869. The van der Waals surface area contributed by atoms with Gasteiger partial charge in [0.05, 0.1) is 14.5 Å². The Bertz CT molecular complexity index is 472. The molecule has 0 radical (unpaired) electrons. The predicted molar refractivity (Wildman–Crippen MR) is 59.8 cm³/mol. The molecule has 13 heavy (non-hydrogen) atoms. The molecule has 0 N–H and O–H groups in total. The fourth-order valence-corrected chi connectivity index (χ4v) is 1.91. The van der Waals surface area contributed by atoms with Crippen molar-refractivity contribution in [2.24, 2.45) is 0 Å². The van der Waals surface area contributed by atoms with Crippen LogP contribution in [-0.4, -0.2) is 15.0 Å². The number of aromatic nitrogens is 3. The zero-order valence-corrected chi connectivity index (χ0v) is 9.67. The average molecular weight is 306 g/mol. The third kappa shape index (κ3) is 1.60. The maximum absolute atomic E-state index is 5.94. The van der Waals surface area contributed by atoms with Crippen LogP contribution in [0.4, 0.5) is 0 Å². The Kier molecular flexibility index (Phi) is 2.33. The SMILES string of the molecule is Cc1nc(Cl)c2cncc(I)c2n1. The molecule has 0 unspecified atom stereocenters. The molecule has 5 heteroatoms. The number of hydrogen-bond acceptors (Lipinski definition) is 3. The van der Waals surface area contributed by atoms with Gasteiger partial charge in [0.1, 0.15) is 11.0 Å². The fraction of sp³-hybridized carbons (Fsp3) is 0.125. The van der Waals surface area contributed by atoms with E-state index in [1.165, 1.54) is 0 Å². The van der Waals surface area contributed by atoms with E-state index in [1.807, 2.05) is 6.92 Å². The predicted octanol–water partition coefficient (Wildman–Crippen LogP) is 2.59. The maximum Gasteiger partial charge on any atom is 0.142 e. The van der Waals surface area contributed by atoms with Crippen LogP contribution in [-0.2, 0) is 0 Å². The molecule has 0 saturated heterocycles. The van der Waals surface area contributed by atoms with Gasteiger partial charge in [-0.1, -0.05) is 11.6 Å². The fourth-order valence-electron chi connectivity index (χ4n) is 1.08. The third-order valence-electron chi connectivity index (χ3n) is 1.63. The lowest BCUT2D eigenvalue weighted by atomic mass is 10.3. The number of nitrogens with zero attached hydrogens (tertiary/aromatic N) is 3. The molecule has 0 amide bonds. The molecule has 0 aliphatic rings. The molecular formula is C8H5ClIN3. The van der Waals surface area contributed by atoms with Crippen molar-refractivity contribution in [2.45, 2.75) is 6.92 Å². The molecule has 2 heterocycles. The zero-order valence-electron chi connectivity index (χ0n) is 6.75. The van der Waals surface area contributed by atoms with Gasteiger partial charge in [-0.2, -0.15) is 0 Å². The first-order valence-electron chi connectivity index (χ1n) is 3.62. The van der Waals surface area contributed by atoms with Gasteiger partial charge in [0, 0.05) is 12.4 Å². The largest absolute Gasteiger partial charge is 0.263 e. The van der Waals surface area contributed by atoms with Crippen molar-refractivity contribution in [3.63, 3.8) is 0 Å². The lowest BCUT2D eigenvalue weighted by molar-refractivity contribution is 1.08. The minimum atomic E-state index is 0.466. The van der Waals surface area contributed by atoms with Gasteiger partial charge in [-0.25, -0.2) is 9.97 Å². The lowest BCUT2D eigenvalue weighted by Gasteiger charge is -2.01. The van der Waals surface area contributed by atoms with Crippen LogP contribution < -0.4 is 0 Å². The van der Waals surface area contributed by atoms with Crippen molar-refractivity contribution in [3.05, 3.63) is 26.9 Å². The summed E-state index contributed by atoms with van der Waals surface area (Å²) in [6.07, 6.45) is 3.44. The topological polar surface area (TPSA) is 38.7 Å². The van der Waals surface area contributed by atoms with Crippen LogP contribution in [0.25, 0.3) is 10.9 Å². The van der Waals surface area contributed by atoms with Crippen LogP contribution in [0.2, 0.25) is 5.15 Å². The molecule has 66 valence electrons. The van der Waals surface area contributed by atoms with E-state index in [-0.39, 0.29) is 0 Å². The number of rotatable bonds is 0. The molecule has 0 saturated carbocycles. The van der Waals surface area contributed by atoms with E-state index < -0.39 is 0 Å². The van der Waals surface area contributed by atoms with Crippen LogP contribution in [0, 0.1) is 10.5 Å². The second-order valence-corrected chi connectivity index (χ2v) is 4.10. The average Bonchev–Trinajstić information content (AvgIpc) is 2.07. The molecule has 3 nitrogen and oxygen atoms in total. The first-order chi connectivity index (χ1) is 6.18. The Morgan fingerprint density at radius 1 is 1.31 bits per heavy atom. The maximum atomic E-state index is 5.94. The first kappa shape index (κ1) is 9.08. The van der Waals surface area contributed by atoms with E-state index in [2.05, 4.69) is 37.5 Å². The zero-order chi connectivity index (χ0) is 9.42. The van der Waals surface area contributed by atoms with Crippen molar-refractivity contribution in [1.82, 2.24) is 15.0 Å². The van der Waals surface area contributed by atoms with E-state index in [1.54, 1.807) is 12.4 Å². The quantitative estimate of drug-likeness (QED) is 0.555. The standard InChI is InChI=1S/C8H5ClIN3/c1-4-12-7-5(8(9)13-4)2-11-3-6(7)10/h2-3H,1H3. The third-order valence-corrected chi connectivity index (χ3v) is 2.71. The summed E-state index contributed by atoms with van der Waals surface area (Å²) in [6.45, 7) is 1.82. The van der Waals surface area contributed by atoms with Gasteiger partial charge in [-0.3, -0.25) is 4.98 Å². The highest BCUT2D eigenvalue weighted by Crippen LogP contribution is 2.22. The Morgan fingerprint density at radius 3 is 2.85 bits per heavy atom. The molecule has 2 aromatic rings. The van der Waals surface area contributed by atoms with Gasteiger partial charge in [0.25, 0.3) is 0 Å². The van der Waals surface area contributed by atoms with E-state index in [4.69, 9.17) is 11.6 Å². The van der Waals surface area contributed by atoms with Crippen LogP contribution >= 0.6 is 34.2 Å². The van der Waals surface area contributed by atoms with Crippen LogP contribution in [0.5, 0.6) is 0 Å². The molecule has 0 fully saturated rings. The van der Waals surface area contributed by atoms with E-state index >= 15 is 0 Å². The summed E-state index contributed by atoms with van der Waals surface area (Å²) in [6, 6.07) is 0. The number of fused-ring (bicyclic) bond motifs is 1. The second kappa shape index (κ2) is 3.34. The molecule has 0 bridgehead atoms. The van der Waals surface area contributed by atoms with Crippen molar-refractivity contribution < 1.29 is 0 Å². The Hall–Kier alpha value is -0.490. The molecule has 0 aliphatic heterocycles. The van der Waals surface area contributed by atoms with E-state index in [0.29, 0.717) is 11.0 Å². The highest BCUT2D eigenvalue weighted by atomic mass is 127. The monoisotopic (exact) mass is 305 g/mol. The van der Waals surface area contributed by atoms with Crippen molar-refractivity contribution >= 4 is 45.1 Å². The summed E-state index contributed by atoms with van der Waals surface area (Å²) in [5.74, 6) is 0.682. The van der Waals surface area contributed by atoms with Gasteiger partial charge in [0.2, 0.25) is 0 Å². The summed E-state index contributed by atoms with van der Waals surface area (Å²) in [5, 5.41) is 1.27. The summed E-state index contributed by atoms with van der Waals surface area (Å²) >= 11 is 8.12. The highest BCUT2D eigenvalue weighted by Gasteiger charge is 2.05. The van der Waals surface area contributed by atoms with Crippen LogP contribution in [0.3, 0.4) is 0 Å². The van der Waals surface area contributed by atoms with Crippen molar-refractivity contribution in [1.29, 1.82) is 0 Å². The minimum Gasteiger partial charge on any atom is -0.263 e. The second-order valence-electron chi connectivity index (χ2n) is 2.58. The normalized spacial score (nSPS) is 10.7. The molecule has 0 aromatic carbocycles. The van der Waals surface area contributed by atoms with Gasteiger partial charge >= 0.3 is 0 Å². The van der Waals surface area contributed by atoms with E-state index in [0.717, 1.165) is 14.5 Å². The smallest absolute Gasteiger partial charge is 0.142 e. The van der Waals surface area contributed by atoms with Gasteiger partial charge in [-0.15, -0.1) is 0 Å². The number of halogens is 2. The molecule has 0 aliphatic carbocycles. The first-order valence-corrected chi connectivity index (χ1v) is 5.07. The van der Waals surface area contributed by atoms with Crippen LogP contribution in [0.1, 0.15) is 5.82 Å². The minimum absolute atomic E-state index is 0.466. The summed E-state index contributed by atoms with van der Waals surface area (Å²) in [7, 11) is 0. The van der Waals surface area contributed by atoms with Crippen molar-refractivity contribution in [3.8, 4) is 0 Å². The van der Waals surface area contributed by atoms with Gasteiger partial charge in [-0.05, 0) is 29.5 Å². The van der Waals surface area contributed by atoms with Gasteiger partial charge in [0.15, 0.2) is 0 Å². The Morgan fingerprint density at radius 2 is 2.08 bits per heavy atom. The molecule has 0 atom stereocenters. The van der Waals surface area contributed by atoms with Gasteiger partial charge < -0.3 is 0 Å². The van der Waals surface area contributed by atoms with Crippen LogP contribution in [0.15, 0.2) is 12.4 Å². The summed E-state index contributed by atoms with van der Waals surface area (Å²) in [4.78, 5) is 12.4. The molecule has 2 rings (SSSR count). The van der Waals surface area contributed by atoms with Crippen molar-refractivity contribution in [2.75, 3.05) is 0 Å². The highest BCUT2D eigenvalue weighted by molar-refractivity contribution is 14.1. The number of pyridine rings is 1.